The molecule has 5 aromatic rings. The van der Waals surface area contributed by atoms with Crippen LogP contribution in [0.4, 0.5) is 0 Å². The van der Waals surface area contributed by atoms with E-state index in [0.29, 0.717) is 24.5 Å². The van der Waals surface area contributed by atoms with Crippen LogP contribution in [0.5, 0.6) is 0 Å². The molecule has 0 fully saturated rings. The SMILES string of the molecule is N#CC(Cc1ccccc1-c1cn(Cc2ccccc2)nn1)C(=O)OCc1cn(Cc2ccccc2)nn1. The van der Waals surface area contributed by atoms with Crippen LogP contribution in [0.3, 0.4) is 0 Å². The van der Waals surface area contributed by atoms with E-state index in [-0.39, 0.29) is 13.0 Å². The maximum Gasteiger partial charge on any atom is 0.324 e. The smallest absolute Gasteiger partial charge is 0.324 e. The van der Waals surface area contributed by atoms with E-state index in [4.69, 9.17) is 4.74 Å². The van der Waals surface area contributed by atoms with Crippen molar-refractivity contribution in [1.82, 2.24) is 30.0 Å². The van der Waals surface area contributed by atoms with E-state index >= 15 is 0 Å². The van der Waals surface area contributed by atoms with Crippen molar-refractivity contribution in [2.45, 2.75) is 26.1 Å². The summed E-state index contributed by atoms with van der Waals surface area (Å²) in [6.45, 7) is 1.11. The number of nitriles is 1. The van der Waals surface area contributed by atoms with Crippen LogP contribution in [0.1, 0.15) is 22.4 Å². The molecule has 0 N–H and O–H groups in total. The Bertz CT molecular complexity index is 1540. The van der Waals surface area contributed by atoms with Crippen LogP contribution in [-0.2, 0) is 35.6 Å². The molecule has 5 rings (SSSR count). The number of benzene rings is 3. The number of nitrogens with zero attached hydrogens (tertiary/aromatic N) is 7. The quantitative estimate of drug-likeness (QED) is 0.264. The van der Waals surface area contributed by atoms with Gasteiger partial charge in [0.2, 0.25) is 0 Å². The van der Waals surface area contributed by atoms with Gasteiger partial charge in [-0.1, -0.05) is 95.4 Å². The van der Waals surface area contributed by atoms with Crippen LogP contribution < -0.4 is 0 Å². The van der Waals surface area contributed by atoms with Gasteiger partial charge in [0.05, 0.1) is 31.6 Å². The van der Waals surface area contributed by atoms with Crippen molar-refractivity contribution in [2.24, 2.45) is 5.92 Å². The van der Waals surface area contributed by atoms with E-state index < -0.39 is 11.9 Å². The van der Waals surface area contributed by atoms with Gasteiger partial charge < -0.3 is 4.74 Å². The zero-order valence-corrected chi connectivity index (χ0v) is 20.6. The summed E-state index contributed by atoms with van der Waals surface area (Å²) in [5, 5.41) is 26.5. The molecule has 0 saturated carbocycles. The molecule has 0 aliphatic carbocycles. The van der Waals surface area contributed by atoms with Crippen molar-refractivity contribution < 1.29 is 9.53 Å². The lowest BCUT2D eigenvalue weighted by Crippen LogP contribution is -2.19. The molecule has 188 valence electrons. The lowest BCUT2D eigenvalue weighted by molar-refractivity contribution is -0.148. The van der Waals surface area contributed by atoms with E-state index in [0.717, 1.165) is 22.3 Å². The first-order chi connectivity index (χ1) is 18.7. The van der Waals surface area contributed by atoms with E-state index in [9.17, 15) is 10.1 Å². The van der Waals surface area contributed by atoms with Gasteiger partial charge in [-0.3, -0.25) is 4.79 Å². The van der Waals surface area contributed by atoms with Crippen LogP contribution in [-0.4, -0.2) is 36.0 Å². The Morgan fingerprint density at radius 3 is 2.11 bits per heavy atom. The minimum atomic E-state index is -0.977. The normalized spacial score (nSPS) is 11.6. The standard InChI is InChI=1S/C29H25N7O2/c30-16-25(29(37)38-21-26-19-35(33-31-26)17-22-9-3-1-4-10-22)15-24-13-7-8-14-27(24)28-20-36(34-32-28)18-23-11-5-2-6-12-23/h1-14,19-20,25H,15,17-18,21H2. The Balaban J connectivity index is 1.21. The summed E-state index contributed by atoms with van der Waals surface area (Å²) in [6.07, 6.45) is 3.79. The molecule has 0 saturated heterocycles. The number of rotatable bonds is 10. The fourth-order valence-electron chi connectivity index (χ4n) is 4.12. The Labute approximate surface area is 219 Å². The molecule has 2 heterocycles. The van der Waals surface area contributed by atoms with Crippen molar-refractivity contribution >= 4 is 5.97 Å². The minimum absolute atomic E-state index is 0.0543. The number of carbonyl (C=O) groups excluding carboxylic acids is 1. The molecule has 9 heteroatoms. The second-order valence-electron chi connectivity index (χ2n) is 8.83. The first kappa shape index (κ1) is 24.6. The molecule has 38 heavy (non-hydrogen) atoms. The van der Waals surface area contributed by atoms with E-state index in [1.807, 2.05) is 91.1 Å². The summed E-state index contributed by atoms with van der Waals surface area (Å²) >= 11 is 0. The highest BCUT2D eigenvalue weighted by molar-refractivity contribution is 5.76. The van der Waals surface area contributed by atoms with Crippen LogP contribution in [0, 0.1) is 17.2 Å². The topological polar surface area (TPSA) is 112 Å². The van der Waals surface area contributed by atoms with Gasteiger partial charge in [0.25, 0.3) is 0 Å². The monoisotopic (exact) mass is 503 g/mol. The molecular weight excluding hydrogens is 478 g/mol. The zero-order chi connectivity index (χ0) is 26.2. The molecule has 0 spiro atoms. The van der Waals surface area contributed by atoms with Gasteiger partial charge in [0.1, 0.15) is 23.9 Å². The van der Waals surface area contributed by atoms with Crippen molar-refractivity contribution in [2.75, 3.05) is 0 Å². The largest absolute Gasteiger partial charge is 0.458 e. The first-order valence-electron chi connectivity index (χ1n) is 12.2. The lowest BCUT2D eigenvalue weighted by atomic mass is 9.95. The Hall–Kier alpha value is -5.10. The molecule has 1 unspecified atom stereocenters. The summed E-state index contributed by atoms with van der Waals surface area (Å²) < 4.78 is 8.87. The highest BCUT2D eigenvalue weighted by Crippen LogP contribution is 2.24. The van der Waals surface area contributed by atoms with Crippen LogP contribution in [0.25, 0.3) is 11.3 Å². The molecule has 0 aliphatic heterocycles. The fraction of sp³-hybridized carbons (Fsp3) is 0.172. The van der Waals surface area contributed by atoms with E-state index in [2.05, 4.69) is 26.7 Å². The summed E-state index contributed by atoms with van der Waals surface area (Å²) in [5.74, 6) is -1.58. The molecular formula is C29H25N7O2. The predicted octanol–water partition coefficient (Wildman–Crippen LogP) is 4.06. The summed E-state index contributed by atoms with van der Waals surface area (Å²) in [5.41, 5.74) is 5.03. The number of aromatic nitrogens is 6. The molecule has 3 aromatic carbocycles. The van der Waals surface area contributed by atoms with Crippen LogP contribution in [0.2, 0.25) is 0 Å². The lowest BCUT2D eigenvalue weighted by Gasteiger charge is -2.11. The second-order valence-corrected chi connectivity index (χ2v) is 8.83. The molecule has 0 amide bonds. The number of ether oxygens (including phenoxy) is 1. The third-order valence-corrected chi connectivity index (χ3v) is 6.02. The summed E-state index contributed by atoms with van der Waals surface area (Å²) in [7, 11) is 0. The van der Waals surface area contributed by atoms with Gasteiger partial charge in [-0.25, -0.2) is 9.36 Å². The van der Waals surface area contributed by atoms with Crippen molar-refractivity contribution in [3.05, 3.63) is 120 Å². The first-order valence-corrected chi connectivity index (χ1v) is 12.2. The second kappa shape index (κ2) is 11.8. The van der Waals surface area contributed by atoms with Crippen LogP contribution in [0.15, 0.2) is 97.3 Å². The third kappa shape index (κ3) is 6.17. The number of hydrogen-bond acceptors (Lipinski definition) is 7. The third-order valence-electron chi connectivity index (χ3n) is 6.02. The zero-order valence-electron chi connectivity index (χ0n) is 20.6. The summed E-state index contributed by atoms with van der Waals surface area (Å²) in [4.78, 5) is 12.8. The van der Waals surface area contributed by atoms with Gasteiger partial charge in [-0.15, -0.1) is 10.2 Å². The minimum Gasteiger partial charge on any atom is -0.458 e. The number of hydrogen-bond donors (Lipinski definition) is 0. The summed E-state index contributed by atoms with van der Waals surface area (Å²) in [6, 6.07) is 29.5. The predicted molar refractivity (Wildman–Crippen MR) is 139 cm³/mol. The van der Waals surface area contributed by atoms with E-state index in [1.165, 1.54) is 0 Å². The molecule has 2 aromatic heterocycles. The molecule has 0 bridgehead atoms. The highest BCUT2D eigenvalue weighted by Gasteiger charge is 2.23. The fourth-order valence-corrected chi connectivity index (χ4v) is 4.12. The van der Waals surface area contributed by atoms with Crippen molar-refractivity contribution in [3.63, 3.8) is 0 Å². The van der Waals surface area contributed by atoms with Crippen molar-refractivity contribution in [3.8, 4) is 17.3 Å². The average molecular weight is 504 g/mol. The van der Waals surface area contributed by atoms with Gasteiger partial charge in [0, 0.05) is 5.56 Å². The van der Waals surface area contributed by atoms with Crippen molar-refractivity contribution in [1.29, 1.82) is 5.26 Å². The molecule has 1 atom stereocenters. The van der Waals surface area contributed by atoms with E-state index in [1.54, 1.807) is 15.6 Å². The Morgan fingerprint density at radius 2 is 1.42 bits per heavy atom. The molecule has 0 aliphatic rings. The van der Waals surface area contributed by atoms with Crippen LogP contribution >= 0.6 is 0 Å². The number of esters is 1. The van der Waals surface area contributed by atoms with Gasteiger partial charge in [0.15, 0.2) is 0 Å². The van der Waals surface area contributed by atoms with Gasteiger partial charge in [-0.05, 0) is 23.1 Å². The highest BCUT2D eigenvalue weighted by atomic mass is 16.5. The molecule has 9 nitrogen and oxygen atoms in total. The Morgan fingerprint density at radius 1 is 0.816 bits per heavy atom. The maximum atomic E-state index is 12.8. The maximum absolute atomic E-state index is 12.8. The number of carbonyl (C=O) groups is 1. The van der Waals surface area contributed by atoms with Gasteiger partial charge in [-0.2, -0.15) is 5.26 Å². The molecule has 0 radical (unpaired) electrons. The van der Waals surface area contributed by atoms with Gasteiger partial charge >= 0.3 is 5.97 Å². The average Bonchev–Trinajstić information content (AvgIpc) is 3.61. The Kier molecular flexibility index (Phi) is 7.61.